The van der Waals surface area contributed by atoms with Crippen LogP contribution in [0.1, 0.15) is 24.0 Å². The van der Waals surface area contributed by atoms with Gasteiger partial charge in [-0.1, -0.05) is 6.07 Å². The van der Waals surface area contributed by atoms with Crippen LogP contribution in [-0.4, -0.2) is 19.7 Å². The molecule has 82 valence electrons. The Bertz CT molecular complexity index is 329. The predicted octanol–water partition coefficient (Wildman–Crippen LogP) is 2.30. The maximum atomic E-state index is 5.25. The minimum absolute atomic E-state index is 0.663. The molecule has 0 aromatic heterocycles. The number of aryl methyl sites for hydroxylation is 1. The van der Waals surface area contributed by atoms with Crippen LogP contribution in [0, 0.1) is 6.92 Å². The molecule has 0 amide bonds. The van der Waals surface area contributed by atoms with E-state index >= 15 is 0 Å². The first-order valence-corrected chi connectivity index (χ1v) is 5.66. The summed E-state index contributed by atoms with van der Waals surface area (Å²) >= 11 is 0. The van der Waals surface area contributed by atoms with Crippen LogP contribution < -0.4 is 10.1 Å². The van der Waals surface area contributed by atoms with E-state index in [0.29, 0.717) is 6.04 Å². The fourth-order valence-electron chi connectivity index (χ4n) is 2.19. The van der Waals surface area contributed by atoms with Gasteiger partial charge in [-0.25, -0.2) is 0 Å². The Balaban J connectivity index is 2.11. The van der Waals surface area contributed by atoms with Crippen molar-refractivity contribution in [3.05, 3.63) is 29.3 Å². The predicted molar refractivity (Wildman–Crippen MR) is 62.5 cm³/mol. The van der Waals surface area contributed by atoms with Gasteiger partial charge in [0.25, 0.3) is 0 Å². The van der Waals surface area contributed by atoms with E-state index in [4.69, 9.17) is 4.74 Å². The van der Waals surface area contributed by atoms with Crippen molar-refractivity contribution in [1.82, 2.24) is 5.32 Å². The van der Waals surface area contributed by atoms with E-state index in [0.717, 1.165) is 12.2 Å². The van der Waals surface area contributed by atoms with E-state index < -0.39 is 0 Å². The summed E-state index contributed by atoms with van der Waals surface area (Å²) in [6.45, 7) is 3.34. The Hall–Kier alpha value is -1.02. The van der Waals surface area contributed by atoms with E-state index in [1.165, 1.54) is 30.5 Å². The molecule has 1 fully saturated rings. The third-order valence-corrected chi connectivity index (χ3v) is 3.18. The van der Waals surface area contributed by atoms with Crippen molar-refractivity contribution in [1.29, 1.82) is 0 Å². The highest BCUT2D eigenvalue weighted by atomic mass is 16.5. The summed E-state index contributed by atoms with van der Waals surface area (Å²) in [6, 6.07) is 7.00. The Labute approximate surface area is 91.6 Å². The molecule has 1 aromatic rings. The van der Waals surface area contributed by atoms with Crippen molar-refractivity contribution in [3.8, 4) is 5.75 Å². The van der Waals surface area contributed by atoms with Crippen LogP contribution in [0.2, 0.25) is 0 Å². The molecule has 1 saturated heterocycles. The Morgan fingerprint density at radius 2 is 2.33 bits per heavy atom. The van der Waals surface area contributed by atoms with Crippen LogP contribution in [0.4, 0.5) is 0 Å². The molecule has 0 saturated carbocycles. The van der Waals surface area contributed by atoms with Gasteiger partial charge in [-0.15, -0.1) is 0 Å². The van der Waals surface area contributed by atoms with Crippen LogP contribution in [0.25, 0.3) is 0 Å². The van der Waals surface area contributed by atoms with E-state index in [9.17, 15) is 0 Å². The summed E-state index contributed by atoms with van der Waals surface area (Å²) < 4.78 is 5.25. The number of rotatable bonds is 3. The topological polar surface area (TPSA) is 21.3 Å². The maximum absolute atomic E-state index is 5.25. The van der Waals surface area contributed by atoms with E-state index in [1.807, 2.05) is 6.07 Å². The van der Waals surface area contributed by atoms with Crippen molar-refractivity contribution in [2.24, 2.45) is 0 Å². The average molecular weight is 205 g/mol. The SMILES string of the molecule is COc1ccc(C)c(CC2CCCN2)c1. The van der Waals surface area contributed by atoms with Crippen LogP contribution in [-0.2, 0) is 6.42 Å². The number of benzene rings is 1. The minimum Gasteiger partial charge on any atom is -0.497 e. The molecule has 2 heteroatoms. The molecule has 2 nitrogen and oxygen atoms in total. The lowest BCUT2D eigenvalue weighted by Crippen LogP contribution is -2.23. The monoisotopic (exact) mass is 205 g/mol. The lowest BCUT2D eigenvalue weighted by Gasteiger charge is -2.13. The van der Waals surface area contributed by atoms with Gasteiger partial charge in [0.15, 0.2) is 0 Å². The molecule has 0 spiro atoms. The van der Waals surface area contributed by atoms with Gasteiger partial charge in [0.2, 0.25) is 0 Å². The molecule has 1 atom stereocenters. The summed E-state index contributed by atoms with van der Waals surface area (Å²) in [5, 5.41) is 3.53. The van der Waals surface area contributed by atoms with E-state index in [2.05, 4.69) is 24.4 Å². The first-order chi connectivity index (χ1) is 7.29. The minimum atomic E-state index is 0.663. The number of methoxy groups -OCH3 is 1. The smallest absolute Gasteiger partial charge is 0.119 e. The molecular formula is C13H19NO. The standard InChI is InChI=1S/C13H19NO/c1-10-5-6-13(15-2)9-11(10)8-12-4-3-7-14-12/h5-6,9,12,14H,3-4,7-8H2,1-2H3. The van der Waals surface area contributed by atoms with Gasteiger partial charge >= 0.3 is 0 Å². The lowest BCUT2D eigenvalue weighted by atomic mass is 10.00. The molecule has 15 heavy (non-hydrogen) atoms. The zero-order valence-corrected chi connectivity index (χ0v) is 9.55. The molecule has 2 rings (SSSR count). The number of hydrogen-bond donors (Lipinski definition) is 1. The van der Waals surface area contributed by atoms with Crippen LogP contribution >= 0.6 is 0 Å². The van der Waals surface area contributed by atoms with Gasteiger partial charge < -0.3 is 10.1 Å². The molecule has 1 aliphatic heterocycles. The molecule has 1 unspecified atom stereocenters. The zero-order valence-electron chi connectivity index (χ0n) is 9.55. The first-order valence-electron chi connectivity index (χ1n) is 5.66. The zero-order chi connectivity index (χ0) is 10.7. The maximum Gasteiger partial charge on any atom is 0.119 e. The Morgan fingerprint density at radius 1 is 1.47 bits per heavy atom. The second-order valence-corrected chi connectivity index (χ2v) is 4.29. The molecule has 0 aliphatic carbocycles. The first kappa shape index (κ1) is 10.5. The van der Waals surface area contributed by atoms with Crippen molar-refractivity contribution >= 4 is 0 Å². The highest BCUT2D eigenvalue weighted by molar-refractivity contribution is 5.35. The molecule has 1 aromatic carbocycles. The van der Waals surface area contributed by atoms with Gasteiger partial charge in [-0.05, 0) is 56.0 Å². The van der Waals surface area contributed by atoms with Crippen LogP contribution in [0.15, 0.2) is 18.2 Å². The van der Waals surface area contributed by atoms with Crippen molar-refractivity contribution in [2.75, 3.05) is 13.7 Å². The quantitative estimate of drug-likeness (QED) is 0.817. The third kappa shape index (κ3) is 2.51. The fraction of sp³-hybridized carbons (Fsp3) is 0.538. The van der Waals surface area contributed by atoms with Crippen LogP contribution in [0.5, 0.6) is 5.75 Å². The molecule has 1 N–H and O–H groups in total. The van der Waals surface area contributed by atoms with Crippen molar-refractivity contribution in [2.45, 2.75) is 32.2 Å². The van der Waals surface area contributed by atoms with Gasteiger partial charge in [0, 0.05) is 6.04 Å². The van der Waals surface area contributed by atoms with Gasteiger partial charge in [-0.2, -0.15) is 0 Å². The average Bonchev–Trinajstić information content (AvgIpc) is 2.74. The van der Waals surface area contributed by atoms with Crippen molar-refractivity contribution < 1.29 is 4.74 Å². The molecule has 1 aliphatic rings. The van der Waals surface area contributed by atoms with E-state index in [1.54, 1.807) is 7.11 Å². The lowest BCUT2D eigenvalue weighted by molar-refractivity contribution is 0.414. The highest BCUT2D eigenvalue weighted by Crippen LogP contribution is 2.20. The second-order valence-electron chi connectivity index (χ2n) is 4.29. The van der Waals surface area contributed by atoms with Crippen LogP contribution in [0.3, 0.4) is 0 Å². The molecule has 1 heterocycles. The molecule has 0 radical (unpaired) electrons. The second kappa shape index (κ2) is 4.67. The van der Waals surface area contributed by atoms with Gasteiger partial charge in [0.1, 0.15) is 5.75 Å². The normalized spacial score (nSPS) is 20.5. The van der Waals surface area contributed by atoms with Crippen molar-refractivity contribution in [3.63, 3.8) is 0 Å². The van der Waals surface area contributed by atoms with Gasteiger partial charge in [-0.3, -0.25) is 0 Å². The molecular weight excluding hydrogens is 186 g/mol. The Kier molecular flexibility index (Phi) is 3.27. The van der Waals surface area contributed by atoms with Gasteiger partial charge in [0.05, 0.1) is 7.11 Å². The summed E-state index contributed by atoms with van der Waals surface area (Å²) in [5.74, 6) is 0.966. The summed E-state index contributed by atoms with van der Waals surface area (Å²) in [7, 11) is 1.72. The number of nitrogens with one attached hydrogen (secondary N) is 1. The summed E-state index contributed by atoms with van der Waals surface area (Å²) in [5.41, 5.74) is 2.78. The number of hydrogen-bond acceptors (Lipinski definition) is 2. The summed E-state index contributed by atoms with van der Waals surface area (Å²) in [6.07, 6.45) is 3.74. The third-order valence-electron chi connectivity index (χ3n) is 3.18. The van der Waals surface area contributed by atoms with E-state index in [-0.39, 0.29) is 0 Å². The highest BCUT2D eigenvalue weighted by Gasteiger charge is 2.15. The number of ether oxygens (including phenoxy) is 1. The largest absolute Gasteiger partial charge is 0.497 e. The fourth-order valence-corrected chi connectivity index (χ4v) is 2.19. The Morgan fingerprint density at radius 3 is 3.00 bits per heavy atom. The molecule has 0 bridgehead atoms. The summed E-state index contributed by atoms with van der Waals surface area (Å²) in [4.78, 5) is 0.